The highest BCUT2D eigenvalue weighted by Crippen LogP contribution is 2.25. The average Bonchev–Trinajstić information content (AvgIpc) is 3.07. The van der Waals surface area contributed by atoms with Crippen molar-refractivity contribution in [3.63, 3.8) is 0 Å². The molecule has 0 aliphatic carbocycles. The van der Waals surface area contributed by atoms with Gasteiger partial charge in [0, 0.05) is 31.6 Å². The molecule has 0 radical (unpaired) electrons. The summed E-state index contributed by atoms with van der Waals surface area (Å²) < 4.78 is 18.3. The fourth-order valence-corrected chi connectivity index (χ4v) is 3.41. The average molecular weight is 345 g/mol. The smallest absolute Gasteiger partial charge is 0.222 e. The molecular formula is C19H24FN3O2. The van der Waals surface area contributed by atoms with Crippen molar-refractivity contribution in [3.05, 3.63) is 53.7 Å². The van der Waals surface area contributed by atoms with E-state index < -0.39 is 0 Å². The first-order valence-electron chi connectivity index (χ1n) is 8.69. The standard InChI is InChI=1S/C19H24FN3O2/c1-14(18-9-11-25-21-18)22(2)17-6-7-19(24)23(10-8-17)13-15-4-3-5-16(20)12-15/h3-5,9,11-12,14,17H,6-8,10,13H2,1-2H3. The molecule has 6 heteroatoms. The van der Waals surface area contributed by atoms with E-state index in [-0.39, 0.29) is 17.8 Å². The van der Waals surface area contributed by atoms with Crippen molar-refractivity contribution in [1.82, 2.24) is 15.0 Å². The van der Waals surface area contributed by atoms with E-state index in [1.165, 1.54) is 12.1 Å². The summed E-state index contributed by atoms with van der Waals surface area (Å²) in [6.45, 7) is 3.23. The van der Waals surface area contributed by atoms with Crippen LogP contribution in [0.5, 0.6) is 0 Å². The third-order valence-electron chi connectivity index (χ3n) is 5.11. The van der Waals surface area contributed by atoms with Gasteiger partial charge in [0.15, 0.2) is 0 Å². The van der Waals surface area contributed by atoms with Crippen molar-refractivity contribution in [3.8, 4) is 0 Å². The minimum atomic E-state index is -0.265. The Labute approximate surface area is 147 Å². The van der Waals surface area contributed by atoms with E-state index in [4.69, 9.17) is 4.52 Å². The molecule has 2 heterocycles. The molecule has 1 aliphatic rings. The number of benzene rings is 1. The van der Waals surface area contributed by atoms with Crippen molar-refractivity contribution in [2.75, 3.05) is 13.6 Å². The van der Waals surface area contributed by atoms with Crippen LogP contribution >= 0.6 is 0 Å². The highest BCUT2D eigenvalue weighted by atomic mass is 19.1. The van der Waals surface area contributed by atoms with Crippen molar-refractivity contribution in [2.45, 2.75) is 44.8 Å². The molecule has 2 atom stereocenters. The molecule has 1 fully saturated rings. The maximum Gasteiger partial charge on any atom is 0.222 e. The Morgan fingerprint density at radius 3 is 2.96 bits per heavy atom. The normalized spacial score (nSPS) is 19.9. The van der Waals surface area contributed by atoms with Gasteiger partial charge in [0.1, 0.15) is 17.8 Å². The van der Waals surface area contributed by atoms with Gasteiger partial charge < -0.3 is 9.42 Å². The Morgan fingerprint density at radius 1 is 1.40 bits per heavy atom. The van der Waals surface area contributed by atoms with E-state index in [9.17, 15) is 9.18 Å². The molecule has 0 bridgehead atoms. The van der Waals surface area contributed by atoms with Gasteiger partial charge in [-0.3, -0.25) is 9.69 Å². The van der Waals surface area contributed by atoms with E-state index in [2.05, 4.69) is 24.0 Å². The number of carbonyl (C=O) groups excluding carboxylic acids is 1. The summed E-state index contributed by atoms with van der Waals surface area (Å²) in [5, 5.41) is 4.02. The monoisotopic (exact) mass is 345 g/mol. The lowest BCUT2D eigenvalue weighted by Gasteiger charge is -2.31. The van der Waals surface area contributed by atoms with Crippen LogP contribution in [0.3, 0.4) is 0 Å². The van der Waals surface area contributed by atoms with Crippen molar-refractivity contribution < 1.29 is 13.7 Å². The largest absolute Gasteiger partial charge is 0.364 e. The van der Waals surface area contributed by atoms with Crippen molar-refractivity contribution in [2.24, 2.45) is 0 Å². The summed E-state index contributed by atoms with van der Waals surface area (Å²) in [7, 11) is 2.07. The Hall–Kier alpha value is -2.21. The topological polar surface area (TPSA) is 49.6 Å². The number of aromatic nitrogens is 1. The van der Waals surface area contributed by atoms with Crippen LogP contribution in [0.1, 0.15) is 43.5 Å². The van der Waals surface area contributed by atoms with Gasteiger partial charge in [-0.15, -0.1) is 0 Å². The first-order valence-corrected chi connectivity index (χ1v) is 8.69. The third kappa shape index (κ3) is 4.25. The molecule has 0 spiro atoms. The number of hydrogen-bond acceptors (Lipinski definition) is 4. The second-order valence-corrected chi connectivity index (χ2v) is 6.69. The number of nitrogens with zero attached hydrogens (tertiary/aromatic N) is 3. The molecule has 1 aliphatic heterocycles. The predicted octanol–water partition coefficient (Wildman–Crippen LogP) is 3.39. The summed E-state index contributed by atoms with van der Waals surface area (Å²) in [6, 6.07) is 8.76. The molecule has 25 heavy (non-hydrogen) atoms. The van der Waals surface area contributed by atoms with Crippen LogP contribution in [0.2, 0.25) is 0 Å². The minimum Gasteiger partial charge on any atom is -0.364 e. The molecule has 1 amide bonds. The summed E-state index contributed by atoms with van der Waals surface area (Å²) in [6.07, 6.45) is 3.80. The summed E-state index contributed by atoms with van der Waals surface area (Å²) in [4.78, 5) is 16.6. The molecule has 2 aromatic rings. The molecule has 1 saturated heterocycles. The van der Waals surface area contributed by atoms with Gasteiger partial charge in [-0.2, -0.15) is 0 Å². The van der Waals surface area contributed by atoms with Crippen LogP contribution in [-0.2, 0) is 11.3 Å². The van der Waals surface area contributed by atoms with Gasteiger partial charge in [0.2, 0.25) is 5.91 Å². The van der Waals surface area contributed by atoms with E-state index in [1.807, 2.05) is 17.0 Å². The highest BCUT2D eigenvalue weighted by molar-refractivity contribution is 5.76. The van der Waals surface area contributed by atoms with Gasteiger partial charge in [0.25, 0.3) is 0 Å². The molecule has 2 unspecified atom stereocenters. The molecular weight excluding hydrogens is 321 g/mol. The van der Waals surface area contributed by atoms with Crippen LogP contribution in [0.4, 0.5) is 4.39 Å². The van der Waals surface area contributed by atoms with Crippen LogP contribution in [0.25, 0.3) is 0 Å². The number of rotatable bonds is 5. The summed E-state index contributed by atoms with van der Waals surface area (Å²) >= 11 is 0. The predicted molar refractivity (Wildman–Crippen MR) is 92.1 cm³/mol. The Kier molecular flexibility index (Phi) is 5.48. The minimum absolute atomic E-state index is 0.133. The van der Waals surface area contributed by atoms with Gasteiger partial charge in [-0.1, -0.05) is 17.3 Å². The lowest BCUT2D eigenvalue weighted by atomic mass is 10.0. The fourth-order valence-electron chi connectivity index (χ4n) is 3.41. The molecule has 0 saturated carbocycles. The number of carbonyl (C=O) groups is 1. The fraction of sp³-hybridized carbons (Fsp3) is 0.474. The van der Waals surface area contributed by atoms with Crippen LogP contribution in [-0.4, -0.2) is 40.5 Å². The summed E-state index contributed by atoms with van der Waals surface area (Å²) in [5.41, 5.74) is 1.73. The lowest BCUT2D eigenvalue weighted by Crippen LogP contribution is -2.35. The van der Waals surface area contributed by atoms with Gasteiger partial charge >= 0.3 is 0 Å². The zero-order valence-electron chi connectivity index (χ0n) is 14.7. The first-order chi connectivity index (χ1) is 12.0. The van der Waals surface area contributed by atoms with Crippen LogP contribution in [0.15, 0.2) is 41.1 Å². The van der Waals surface area contributed by atoms with E-state index in [1.54, 1.807) is 12.3 Å². The third-order valence-corrected chi connectivity index (χ3v) is 5.11. The maximum atomic E-state index is 13.4. The van der Waals surface area contributed by atoms with Crippen LogP contribution < -0.4 is 0 Å². The zero-order valence-corrected chi connectivity index (χ0v) is 14.7. The maximum absolute atomic E-state index is 13.4. The number of likely N-dealkylation sites (tertiary alicyclic amines) is 1. The number of hydrogen-bond donors (Lipinski definition) is 0. The molecule has 0 N–H and O–H groups in total. The van der Waals surface area contributed by atoms with E-state index >= 15 is 0 Å². The first kappa shape index (κ1) is 17.6. The second-order valence-electron chi connectivity index (χ2n) is 6.69. The SMILES string of the molecule is CC(c1ccon1)N(C)C1CCC(=O)N(Cc2cccc(F)c2)CC1. The second kappa shape index (κ2) is 7.78. The Morgan fingerprint density at radius 2 is 2.24 bits per heavy atom. The van der Waals surface area contributed by atoms with Gasteiger partial charge in [-0.05, 0) is 44.5 Å². The molecule has 1 aromatic carbocycles. The Balaban J connectivity index is 1.63. The highest BCUT2D eigenvalue weighted by Gasteiger charge is 2.28. The zero-order chi connectivity index (χ0) is 17.8. The van der Waals surface area contributed by atoms with Gasteiger partial charge in [-0.25, -0.2) is 4.39 Å². The van der Waals surface area contributed by atoms with Crippen molar-refractivity contribution >= 4 is 5.91 Å². The van der Waals surface area contributed by atoms with Crippen LogP contribution in [0, 0.1) is 5.82 Å². The van der Waals surface area contributed by atoms with E-state index in [0.717, 1.165) is 24.1 Å². The summed E-state index contributed by atoms with van der Waals surface area (Å²) in [5.74, 6) is -0.131. The Bertz CT molecular complexity index is 704. The van der Waals surface area contributed by atoms with Gasteiger partial charge in [0.05, 0.1) is 6.04 Å². The molecule has 1 aromatic heterocycles. The molecule has 5 nitrogen and oxygen atoms in total. The molecule has 3 rings (SSSR count). The number of amides is 1. The molecule has 134 valence electrons. The lowest BCUT2D eigenvalue weighted by molar-refractivity contribution is -0.131. The number of halogens is 1. The quantitative estimate of drug-likeness (QED) is 0.833. The van der Waals surface area contributed by atoms with Crippen molar-refractivity contribution in [1.29, 1.82) is 0 Å². The van der Waals surface area contributed by atoms with E-state index in [0.29, 0.717) is 25.6 Å².